The Balaban J connectivity index is 1.86. The second-order valence-corrected chi connectivity index (χ2v) is 6.76. The van der Waals surface area contributed by atoms with E-state index >= 15 is 0 Å². The average Bonchev–Trinajstić information content (AvgIpc) is 3.22. The Morgan fingerprint density at radius 2 is 2.00 bits per heavy atom. The van der Waals surface area contributed by atoms with E-state index in [9.17, 15) is 14.4 Å². The minimum absolute atomic E-state index is 0.0670. The zero-order valence-electron chi connectivity index (χ0n) is 16.4. The van der Waals surface area contributed by atoms with Gasteiger partial charge in [-0.2, -0.15) is 5.10 Å². The highest BCUT2D eigenvalue weighted by Gasteiger charge is 2.17. The van der Waals surface area contributed by atoms with E-state index in [-0.39, 0.29) is 23.6 Å². The number of hydrogen-bond donors (Lipinski definition) is 3. The number of benzene rings is 1. The Morgan fingerprint density at radius 3 is 2.69 bits per heavy atom. The number of aromatic nitrogens is 3. The van der Waals surface area contributed by atoms with Gasteiger partial charge in [0.15, 0.2) is 0 Å². The lowest BCUT2D eigenvalue weighted by atomic mass is 10.1. The van der Waals surface area contributed by atoms with Gasteiger partial charge in [0.2, 0.25) is 0 Å². The van der Waals surface area contributed by atoms with Crippen LogP contribution in [0.3, 0.4) is 0 Å². The molecule has 0 saturated heterocycles. The van der Waals surface area contributed by atoms with Crippen LogP contribution in [0.4, 0.5) is 0 Å². The molecule has 0 radical (unpaired) electrons. The topological polar surface area (TPSA) is 109 Å². The Hall–Kier alpha value is -3.68. The molecule has 1 aromatic carbocycles. The lowest BCUT2D eigenvalue weighted by Gasteiger charge is -2.12. The summed E-state index contributed by atoms with van der Waals surface area (Å²) in [7, 11) is 1.45. The van der Waals surface area contributed by atoms with Gasteiger partial charge in [-0.15, -0.1) is 0 Å². The zero-order valence-corrected chi connectivity index (χ0v) is 16.4. The highest BCUT2D eigenvalue weighted by atomic mass is 16.2. The summed E-state index contributed by atoms with van der Waals surface area (Å²) in [6.45, 7) is 2.64. The SMILES string of the molecule is CNC(=O)c1cc(C(=O)NCCc2cn[nH]c2)cn(Cc2cccc(C)c2)c1=O. The molecule has 0 aliphatic heterocycles. The number of nitrogens with zero attached hydrogens (tertiary/aromatic N) is 2. The summed E-state index contributed by atoms with van der Waals surface area (Å²) in [4.78, 5) is 37.6. The van der Waals surface area contributed by atoms with Gasteiger partial charge in [0.1, 0.15) is 5.56 Å². The second-order valence-electron chi connectivity index (χ2n) is 6.76. The van der Waals surface area contributed by atoms with Crippen molar-refractivity contribution in [3.05, 3.63) is 87.1 Å². The van der Waals surface area contributed by atoms with E-state index in [0.29, 0.717) is 13.0 Å². The predicted molar refractivity (Wildman–Crippen MR) is 109 cm³/mol. The van der Waals surface area contributed by atoms with Gasteiger partial charge in [-0.3, -0.25) is 19.5 Å². The number of pyridine rings is 1. The highest BCUT2D eigenvalue weighted by Crippen LogP contribution is 2.08. The van der Waals surface area contributed by atoms with Crippen LogP contribution in [0, 0.1) is 6.92 Å². The van der Waals surface area contributed by atoms with E-state index in [1.54, 1.807) is 12.4 Å². The molecular formula is C21H23N5O3. The number of H-pyrrole nitrogens is 1. The number of rotatable bonds is 7. The maximum absolute atomic E-state index is 12.8. The smallest absolute Gasteiger partial charge is 0.263 e. The molecule has 2 heterocycles. The van der Waals surface area contributed by atoms with E-state index in [1.165, 1.54) is 23.9 Å². The molecule has 0 fully saturated rings. The van der Waals surface area contributed by atoms with Gasteiger partial charge < -0.3 is 15.2 Å². The monoisotopic (exact) mass is 393 g/mol. The van der Waals surface area contributed by atoms with Crippen LogP contribution in [0.15, 0.2) is 53.7 Å². The Kier molecular flexibility index (Phi) is 6.23. The fourth-order valence-corrected chi connectivity index (χ4v) is 3.02. The molecule has 0 bridgehead atoms. The molecule has 0 aliphatic carbocycles. The van der Waals surface area contributed by atoms with Gasteiger partial charge in [-0.05, 0) is 30.5 Å². The molecule has 0 atom stereocenters. The number of carbonyl (C=O) groups excluding carboxylic acids is 2. The number of carbonyl (C=O) groups is 2. The van der Waals surface area contributed by atoms with Crippen LogP contribution >= 0.6 is 0 Å². The standard InChI is InChI=1S/C21H23N5O3/c1-14-4-3-5-15(8-14)12-26-13-17(9-18(21(26)29)20(28)22-2)19(27)23-7-6-16-10-24-25-11-16/h3-5,8-11,13H,6-7,12H2,1-2H3,(H,22,28)(H,23,27)(H,24,25). The summed E-state index contributed by atoms with van der Waals surface area (Å²) in [5.74, 6) is -0.877. The predicted octanol–water partition coefficient (Wildman–Crippen LogP) is 1.26. The van der Waals surface area contributed by atoms with Gasteiger partial charge in [0, 0.05) is 26.0 Å². The molecule has 3 N–H and O–H groups in total. The van der Waals surface area contributed by atoms with E-state index in [1.807, 2.05) is 31.2 Å². The number of hydrogen-bond acceptors (Lipinski definition) is 4. The first-order valence-corrected chi connectivity index (χ1v) is 9.26. The summed E-state index contributed by atoms with van der Waals surface area (Å²) in [6.07, 6.45) is 5.56. The van der Waals surface area contributed by atoms with Crippen LogP contribution in [0.1, 0.15) is 37.4 Å². The number of aryl methyl sites for hydroxylation is 1. The largest absolute Gasteiger partial charge is 0.355 e. The lowest BCUT2D eigenvalue weighted by molar-refractivity contribution is 0.0953. The maximum atomic E-state index is 12.8. The van der Waals surface area contributed by atoms with Crippen LogP contribution in [-0.4, -0.2) is 40.2 Å². The maximum Gasteiger partial charge on any atom is 0.263 e. The molecular weight excluding hydrogens is 370 g/mol. The molecule has 0 spiro atoms. The molecule has 2 amide bonds. The molecule has 2 aromatic heterocycles. The van der Waals surface area contributed by atoms with Crippen LogP contribution in [0.25, 0.3) is 0 Å². The Labute approximate surface area is 168 Å². The molecule has 8 nitrogen and oxygen atoms in total. The highest BCUT2D eigenvalue weighted by molar-refractivity contribution is 5.99. The molecule has 0 aliphatic rings. The summed E-state index contributed by atoms with van der Waals surface area (Å²) in [5, 5.41) is 11.9. The first-order valence-electron chi connectivity index (χ1n) is 9.26. The van der Waals surface area contributed by atoms with Crippen LogP contribution < -0.4 is 16.2 Å². The van der Waals surface area contributed by atoms with Crippen molar-refractivity contribution in [3.63, 3.8) is 0 Å². The van der Waals surface area contributed by atoms with Crippen molar-refractivity contribution < 1.29 is 9.59 Å². The van der Waals surface area contributed by atoms with Crippen LogP contribution in [0.5, 0.6) is 0 Å². The van der Waals surface area contributed by atoms with Crippen molar-refractivity contribution in [1.82, 2.24) is 25.4 Å². The molecule has 0 saturated carbocycles. The van der Waals surface area contributed by atoms with E-state index < -0.39 is 11.5 Å². The average molecular weight is 393 g/mol. The summed E-state index contributed by atoms with van der Waals surface area (Å²) >= 11 is 0. The van der Waals surface area contributed by atoms with Gasteiger partial charge >= 0.3 is 0 Å². The minimum atomic E-state index is -0.527. The van der Waals surface area contributed by atoms with Crippen LogP contribution in [0.2, 0.25) is 0 Å². The van der Waals surface area contributed by atoms with Gasteiger partial charge in [-0.25, -0.2) is 0 Å². The fourth-order valence-electron chi connectivity index (χ4n) is 3.02. The Morgan fingerprint density at radius 1 is 1.17 bits per heavy atom. The summed E-state index contributed by atoms with van der Waals surface area (Å²) in [5.41, 5.74) is 2.69. The molecule has 29 heavy (non-hydrogen) atoms. The third-order valence-corrected chi connectivity index (χ3v) is 4.51. The lowest BCUT2D eigenvalue weighted by Crippen LogP contribution is -2.34. The van der Waals surface area contributed by atoms with Crippen molar-refractivity contribution in [1.29, 1.82) is 0 Å². The summed E-state index contributed by atoms with van der Waals surface area (Å²) < 4.78 is 1.39. The van der Waals surface area contributed by atoms with E-state index in [2.05, 4.69) is 20.8 Å². The zero-order chi connectivity index (χ0) is 20.8. The molecule has 3 rings (SSSR count). The van der Waals surface area contributed by atoms with Gasteiger partial charge in [0.05, 0.1) is 18.3 Å². The first kappa shape index (κ1) is 20.1. The van der Waals surface area contributed by atoms with Crippen molar-refractivity contribution in [2.24, 2.45) is 0 Å². The quantitative estimate of drug-likeness (QED) is 0.561. The third-order valence-electron chi connectivity index (χ3n) is 4.51. The van der Waals surface area contributed by atoms with Crippen molar-refractivity contribution in [2.45, 2.75) is 19.9 Å². The number of aromatic amines is 1. The minimum Gasteiger partial charge on any atom is -0.355 e. The molecule has 8 heteroatoms. The van der Waals surface area contributed by atoms with Gasteiger partial charge in [-0.1, -0.05) is 29.8 Å². The molecule has 3 aromatic rings. The number of amides is 2. The molecule has 0 unspecified atom stereocenters. The summed E-state index contributed by atoms with van der Waals surface area (Å²) in [6, 6.07) is 9.06. The second kappa shape index (κ2) is 9.01. The fraction of sp³-hybridized carbons (Fsp3) is 0.238. The van der Waals surface area contributed by atoms with E-state index in [0.717, 1.165) is 16.7 Å². The van der Waals surface area contributed by atoms with E-state index in [4.69, 9.17) is 0 Å². The first-order chi connectivity index (χ1) is 14.0. The van der Waals surface area contributed by atoms with Crippen molar-refractivity contribution in [3.8, 4) is 0 Å². The van der Waals surface area contributed by atoms with Crippen molar-refractivity contribution >= 4 is 11.8 Å². The molecule has 150 valence electrons. The van der Waals surface area contributed by atoms with Crippen molar-refractivity contribution in [2.75, 3.05) is 13.6 Å². The van der Waals surface area contributed by atoms with Crippen LogP contribution in [-0.2, 0) is 13.0 Å². The number of nitrogens with one attached hydrogen (secondary N) is 3. The van der Waals surface area contributed by atoms with Gasteiger partial charge in [0.25, 0.3) is 17.4 Å². The normalized spacial score (nSPS) is 10.6. The Bertz CT molecular complexity index is 1070. The third kappa shape index (κ3) is 4.98.